The number of nitrogens with one attached hydrogen (secondary N) is 1. The van der Waals surface area contributed by atoms with Gasteiger partial charge in [0.15, 0.2) is 0 Å². The topological polar surface area (TPSA) is 30.5 Å². The average molecular weight is 171 g/mol. The molecule has 11 heavy (non-hydrogen) atoms. The quantitative estimate of drug-likeness (QED) is 0.413. The molecule has 0 aliphatic carbocycles. The van der Waals surface area contributed by atoms with Crippen molar-refractivity contribution in [2.75, 3.05) is 12.6 Å². The van der Waals surface area contributed by atoms with Gasteiger partial charge >= 0.3 is 0 Å². The molecule has 0 fully saturated rings. The zero-order valence-electron chi connectivity index (χ0n) is 6.07. The summed E-state index contributed by atoms with van der Waals surface area (Å²) < 4.78 is 4.67. The molecule has 0 aliphatic heterocycles. The SMILES string of the molecule is CONc1ccc(OS)cc1. The fourth-order valence-corrected chi connectivity index (χ4v) is 0.823. The molecule has 0 radical (unpaired) electrons. The number of anilines is 1. The van der Waals surface area contributed by atoms with E-state index in [1.165, 1.54) is 0 Å². The standard InChI is InChI=1S/C7H9NO2S/c1-9-8-6-2-4-7(10-11)5-3-6/h2-5,8,11H,1H3. The second-order valence-corrected chi connectivity index (χ2v) is 2.10. The Labute approximate surface area is 70.9 Å². The predicted octanol–water partition coefficient (Wildman–Crippen LogP) is 1.88. The Bertz CT molecular complexity index is 212. The third kappa shape index (κ3) is 2.32. The number of benzene rings is 1. The molecule has 0 saturated heterocycles. The second-order valence-electron chi connectivity index (χ2n) is 1.92. The second kappa shape index (κ2) is 4.10. The van der Waals surface area contributed by atoms with E-state index < -0.39 is 0 Å². The molecule has 1 N–H and O–H groups in total. The minimum Gasteiger partial charge on any atom is -0.429 e. The van der Waals surface area contributed by atoms with Crippen LogP contribution in [0.4, 0.5) is 5.69 Å². The lowest BCUT2D eigenvalue weighted by Gasteiger charge is -2.02. The smallest absolute Gasteiger partial charge is 0.137 e. The summed E-state index contributed by atoms with van der Waals surface area (Å²) in [5.74, 6) is 0.704. The van der Waals surface area contributed by atoms with E-state index in [0.717, 1.165) is 5.69 Å². The lowest BCUT2D eigenvalue weighted by molar-refractivity contribution is 0.271. The van der Waals surface area contributed by atoms with Gasteiger partial charge in [-0.15, -0.1) is 0 Å². The van der Waals surface area contributed by atoms with Crippen molar-refractivity contribution < 1.29 is 9.02 Å². The highest BCUT2D eigenvalue weighted by molar-refractivity contribution is 7.75. The normalized spacial score (nSPS) is 9.27. The molecule has 0 aliphatic rings. The Balaban J connectivity index is 2.66. The van der Waals surface area contributed by atoms with Gasteiger partial charge in [0.05, 0.1) is 12.8 Å². The van der Waals surface area contributed by atoms with Crippen molar-refractivity contribution in [3.05, 3.63) is 24.3 Å². The molecule has 0 spiro atoms. The predicted molar refractivity (Wildman–Crippen MR) is 46.7 cm³/mol. The third-order valence-electron chi connectivity index (χ3n) is 1.18. The average Bonchev–Trinajstić information content (AvgIpc) is 2.07. The first-order valence-electron chi connectivity index (χ1n) is 3.07. The van der Waals surface area contributed by atoms with E-state index in [9.17, 15) is 0 Å². The Morgan fingerprint density at radius 1 is 1.27 bits per heavy atom. The van der Waals surface area contributed by atoms with Crippen LogP contribution in [0.2, 0.25) is 0 Å². The van der Waals surface area contributed by atoms with Gasteiger partial charge in [-0.05, 0) is 24.3 Å². The molecular weight excluding hydrogens is 162 g/mol. The molecule has 60 valence electrons. The molecule has 1 aromatic rings. The van der Waals surface area contributed by atoms with Gasteiger partial charge in [-0.25, -0.2) is 0 Å². The molecule has 0 amide bonds. The van der Waals surface area contributed by atoms with E-state index in [1.807, 2.05) is 12.1 Å². The van der Waals surface area contributed by atoms with E-state index in [1.54, 1.807) is 19.2 Å². The molecule has 0 bridgehead atoms. The molecule has 0 aromatic heterocycles. The van der Waals surface area contributed by atoms with E-state index in [4.69, 9.17) is 4.84 Å². The fourth-order valence-electron chi connectivity index (χ4n) is 0.702. The summed E-state index contributed by atoms with van der Waals surface area (Å²) in [6.45, 7) is 0. The first kappa shape index (κ1) is 8.23. The van der Waals surface area contributed by atoms with Crippen molar-refractivity contribution in [3.8, 4) is 5.75 Å². The summed E-state index contributed by atoms with van der Waals surface area (Å²) in [5.41, 5.74) is 3.55. The number of hydrogen-bond acceptors (Lipinski definition) is 4. The zero-order valence-corrected chi connectivity index (χ0v) is 6.97. The van der Waals surface area contributed by atoms with Crippen LogP contribution in [0.15, 0.2) is 24.3 Å². The van der Waals surface area contributed by atoms with Crippen molar-refractivity contribution >= 4 is 18.6 Å². The van der Waals surface area contributed by atoms with Crippen molar-refractivity contribution in [3.63, 3.8) is 0 Å². The van der Waals surface area contributed by atoms with Gasteiger partial charge < -0.3 is 4.18 Å². The summed E-state index contributed by atoms with van der Waals surface area (Å²) >= 11 is 3.64. The molecule has 3 nitrogen and oxygen atoms in total. The van der Waals surface area contributed by atoms with Crippen LogP contribution in [0.25, 0.3) is 0 Å². The lowest BCUT2D eigenvalue weighted by Crippen LogP contribution is -1.94. The van der Waals surface area contributed by atoms with Crippen LogP contribution in [0, 0.1) is 0 Å². The maximum absolute atomic E-state index is 4.69. The zero-order chi connectivity index (χ0) is 8.10. The van der Waals surface area contributed by atoms with Crippen LogP contribution in [0.3, 0.4) is 0 Å². The largest absolute Gasteiger partial charge is 0.429 e. The molecule has 1 aromatic carbocycles. The van der Waals surface area contributed by atoms with Gasteiger partial charge in [-0.3, -0.25) is 10.3 Å². The molecular formula is C7H9NO2S. The van der Waals surface area contributed by atoms with E-state index in [0.29, 0.717) is 5.75 Å². The van der Waals surface area contributed by atoms with Crippen molar-refractivity contribution in [2.45, 2.75) is 0 Å². The summed E-state index contributed by atoms with van der Waals surface area (Å²) in [6.07, 6.45) is 0. The molecule has 0 saturated carbocycles. The van der Waals surface area contributed by atoms with Crippen molar-refractivity contribution in [2.24, 2.45) is 0 Å². The maximum atomic E-state index is 4.69. The van der Waals surface area contributed by atoms with Crippen LogP contribution in [-0.4, -0.2) is 7.11 Å². The Morgan fingerprint density at radius 2 is 1.91 bits per heavy atom. The third-order valence-corrected chi connectivity index (χ3v) is 1.39. The van der Waals surface area contributed by atoms with Crippen LogP contribution >= 0.6 is 12.9 Å². The highest BCUT2D eigenvalue weighted by Crippen LogP contribution is 2.15. The highest BCUT2D eigenvalue weighted by Gasteiger charge is 1.91. The highest BCUT2D eigenvalue weighted by atomic mass is 32.1. The first-order valence-corrected chi connectivity index (χ1v) is 3.44. The van der Waals surface area contributed by atoms with Crippen LogP contribution in [0.5, 0.6) is 5.75 Å². The minimum absolute atomic E-state index is 0.704. The van der Waals surface area contributed by atoms with E-state index >= 15 is 0 Å². The van der Waals surface area contributed by atoms with Crippen LogP contribution in [-0.2, 0) is 4.84 Å². The van der Waals surface area contributed by atoms with Crippen molar-refractivity contribution in [1.29, 1.82) is 0 Å². The fraction of sp³-hybridized carbons (Fsp3) is 0.143. The van der Waals surface area contributed by atoms with Gasteiger partial charge in [0.1, 0.15) is 5.75 Å². The summed E-state index contributed by atoms with van der Waals surface area (Å²) in [5, 5.41) is 0. The Kier molecular flexibility index (Phi) is 3.07. The van der Waals surface area contributed by atoms with Gasteiger partial charge in [-0.2, -0.15) is 0 Å². The first-order chi connectivity index (χ1) is 5.36. The summed E-state index contributed by atoms with van der Waals surface area (Å²) in [7, 11) is 1.56. The van der Waals surface area contributed by atoms with E-state index in [-0.39, 0.29) is 0 Å². The number of rotatable bonds is 3. The monoisotopic (exact) mass is 171 g/mol. The van der Waals surface area contributed by atoms with Gasteiger partial charge in [0.2, 0.25) is 0 Å². The van der Waals surface area contributed by atoms with E-state index in [2.05, 4.69) is 22.6 Å². The number of thiol groups is 1. The molecule has 0 unspecified atom stereocenters. The van der Waals surface area contributed by atoms with Crippen molar-refractivity contribution in [1.82, 2.24) is 0 Å². The molecule has 4 heteroatoms. The Morgan fingerprint density at radius 3 is 2.36 bits per heavy atom. The van der Waals surface area contributed by atoms with Gasteiger partial charge in [0, 0.05) is 12.9 Å². The summed E-state index contributed by atoms with van der Waals surface area (Å²) in [4.78, 5) is 4.69. The molecule has 0 atom stereocenters. The van der Waals surface area contributed by atoms with Crippen LogP contribution < -0.4 is 9.66 Å². The molecule has 1 rings (SSSR count). The number of hydrogen-bond donors (Lipinski definition) is 2. The molecule has 0 heterocycles. The summed E-state index contributed by atoms with van der Waals surface area (Å²) in [6, 6.07) is 7.23. The van der Waals surface area contributed by atoms with Crippen LogP contribution in [0.1, 0.15) is 0 Å². The maximum Gasteiger partial charge on any atom is 0.137 e. The Hall–Kier alpha value is -0.870. The van der Waals surface area contributed by atoms with Gasteiger partial charge in [0.25, 0.3) is 0 Å². The van der Waals surface area contributed by atoms with Gasteiger partial charge in [-0.1, -0.05) is 0 Å². The lowest BCUT2D eigenvalue weighted by atomic mass is 10.3. The minimum atomic E-state index is 0.704.